The first kappa shape index (κ1) is 23.6. The number of aryl methyl sites for hydroxylation is 2. The Morgan fingerprint density at radius 1 is 1.23 bits per heavy atom. The van der Waals surface area contributed by atoms with E-state index in [0.29, 0.717) is 12.6 Å². The minimum atomic E-state index is 0. The van der Waals surface area contributed by atoms with Crippen molar-refractivity contribution in [3.05, 3.63) is 15.6 Å². The molecule has 26 heavy (non-hydrogen) atoms. The van der Waals surface area contributed by atoms with Crippen LogP contribution in [0.1, 0.15) is 54.6 Å². The van der Waals surface area contributed by atoms with Crippen LogP contribution in [0.2, 0.25) is 0 Å². The zero-order valence-corrected chi connectivity index (χ0v) is 20.1. The summed E-state index contributed by atoms with van der Waals surface area (Å²) in [6.07, 6.45) is 6.89. The molecule has 1 aliphatic carbocycles. The summed E-state index contributed by atoms with van der Waals surface area (Å²) in [5, 5.41) is 8.07. The SMILES string of the molecule is CCNC(=NCc1sc(C)nc1C)NCC(C1CCCCC1)N(C)C.I. The lowest BCUT2D eigenvalue weighted by Gasteiger charge is -2.35. The lowest BCUT2D eigenvalue weighted by Crippen LogP contribution is -2.48. The molecule has 1 fully saturated rings. The Hall–Kier alpha value is -0.410. The number of aromatic nitrogens is 1. The van der Waals surface area contributed by atoms with Gasteiger partial charge in [-0.3, -0.25) is 0 Å². The number of hydrogen-bond acceptors (Lipinski definition) is 4. The lowest BCUT2D eigenvalue weighted by atomic mass is 9.83. The van der Waals surface area contributed by atoms with Crippen molar-refractivity contribution in [2.75, 3.05) is 27.2 Å². The van der Waals surface area contributed by atoms with E-state index >= 15 is 0 Å². The van der Waals surface area contributed by atoms with Crippen molar-refractivity contribution in [2.45, 2.75) is 65.5 Å². The van der Waals surface area contributed by atoms with Crippen molar-refractivity contribution in [1.82, 2.24) is 20.5 Å². The van der Waals surface area contributed by atoms with E-state index in [1.165, 1.54) is 37.0 Å². The Balaban J connectivity index is 0.00000338. The summed E-state index contributed by atoms with van der Waals surface area (Å²) in [5.41, 5.74) is 1.11. The largest absolute Gasteiger partial charge is 0.357 e. The van der Waals surface area contributed by atoms with E-state index in [-0.39, 0.29) is 24.0 Å². The number of likely N-dealkylation sites (N-methyl/N-ethyl adjacent to an activating group) is 1. The molecule has 150 valence electrons. The predicted molar refractivity (Wildman–Crippen MR) is 124 cm³/mol. The molecular formula is C19H36IN5S. The van der Waals surface area contributed by atoms with Crippen LogP contribution in [0.25, 0.3) is 0 Å². The van der Waals surface area contributed by atoms with Gasteiger partial charge in [0.05, 0.1) is 17.2 Å². The van der Waals surface area contributed by atoms with Crippen molar-refractivity contribution in [3.8, 4) is 0 Å². The van der Waals surface area contributed by atoms with Gasteiger partial charge in [0, 0.05) is 24.0 Å². The second-order valence-electron chi connectivity index (χ2n) is 7.25. The zero-order chi connectivity index (χ0) is 18.2. The van der Waals surface area contributed by atoms with E-state index in [1.807, 2.05) is 0 Å². The normalized spacial score (nSPS) is 17.1. The van der Waals surface area contributed by atoms with Crippen molar-refractivity contribution in [1.29, 1.82) is 0 Å². The van der Waals surface area contributed by atoms with Gasteiger partial charge in [0.1, 0.15) is 0 Å². The van der Waals surface area contributed by atoms with Gasteiger partial charge in [-0.2, -0.15) is 0 Å². The molecule has 1 aliphatic rings. The minimum Gasteiger partial charge on any atom is -0.357 e. The molecule has 1 saturated carbocycles. The van der Waals surface area contributed by atoms with E-state index in [1.54, 1.807) is 11.3 Å². The summed E-state index contributed by atoms with van der Waals surface area (Å²) in [7, 11) is 4.41. The van der Waals surface area contributed by atoms with Gasteiger partial charge in [0.2, 0.25) is 0 Å². The Morgan fingerprint density at radius 3 is 2.46 bits per heavy atom. The van der Waals surface area contributed by atoms with Crippen LogP contribution < -0.4 is 10.6 Å². The third-order valence-corrected chi connectivity index (χ3v) is 6.12. The second-order valence-corrected chi connectivity index (χ2v) is 8.53. The lowest BCUT2D eigenvalue weighted by molar-refractivity contribution is 0.171. The van der Waals surface area contributed by atoms with Crippen LogP contribution in [-0.4, -0.2) is 49.1 Å². The molecule has 1 unspecified atom stereocenters. The van der Waals surface area contributed by atoms with Crippen molar-refractivity contribution in [3.63, 3.8) is 0 Å². The van der Waals surface area contributed by atoms with Crippen LogP contribution in [0.15, 0.2) is 4.99 Å². The van der Waals surface area contributed by atoms with Gasteiger partial charge in [-0.05, 0) is 53.6 Å². The van der Waals surface area contributed by atoms with Crippen LogP contribution in [0, 0.1) is 19.8 Å². The molecule has 5 nitrogen and oxygen atoms in total. The molecular weight excluding hydrogens is 457 g/mol. The van der Waals surface area contributed by atoms with Gasteiger partial charge in [0.15, 0.2) is 5.96 Å². The van der Waals surface area contributed by atoms with Gasteiger partial charge < -0.3 is 15.5 Å². The maximum atomic E-state index is 4.78. The molecule has 0 spiro atoms. The summed E-state index contributed by atoms with van der Waals surface area (Å²) in [5.74, 6) is 1.71. The molecule has 0 aliphatic heterocycles. The molecule has 0 radical (unpaired) electrons. The molecule has 0 aromatic carbocycles. The first-order valence-corrected chi connectivity index (χ1v) is 10.4. The van der Waals surface area contributed by atoms with E-state index in [4.69, 9.17) is 4.99 Å². The van der Waals surface area contributed by atoms with Gasteiger partial charge in [0.25, 0.3) is 0 Å². The number of aliphatic imine (C=N–C) groups is 1. The summed E-state index contributed by atoms with van der Waals surface area (Å²) in [4.78, 5) is 12.9. The summed E-state index contributed by atoms with van der Waals surface area (Å²) < 4.78 is 0. The maximum absolute atomic E-state index is 4.78. The fourth-order valence-electron chi connectivity index (χ4n) is 3.70. The Bertz CT molecular complexity index is 552. The average Bonchev–Trinajstić information content (AvgIpc) is 2.91. The van der Waals surface area contributed by atoms with E-state index in [2.05, 4.69) is 55.4 Å². The molecule has 1 heterocycles. The first-order valence-electron chi connectivity index (χ1n) is 9.62. The Morgan fingerprint density at radius 2 is 1.92 bits per heavy atom. The molecule has 0 saturated heterocycles. The van der Waals surface area contributed by atoms with E-state index in [9.17, 15) is 0 Å². The molecule has 2 N–H and O–H groups in total. The van der Waals surface area contributed by atoms with Gasteiger partial charge >= 0.3 is 0 Å². The highest BCUT2D eigenvalue weighted by Crippen LogP contribution is 2.28. The molecule has 1 aromatic rings. The van der Waals surface area contributed by atoms with Crippen LogP contribution >= 0.6 is 35.3 Å². The molecule has 1 atom stereocenters. The fourth-order valence-corrected chi connectivity index (χ4v) is 4.57. The Kier molecular flexibility index (Phi) is 11.0. The second kappa shape index (κ2) is 12.1. The first-order chi connectivity index (χ1) is 12.0. The standard InChI is InChI=1S/C19H35N5S.HI/c1-6-20-19(22-13-18-14(2)23-15(3)25-18)21-12-17(24(4)5)16-10-8-7-9-11-16;/h16-17H,6-13H2,1-5H3,(H2,20,21,22);1H. The number of nitrogens with zero attached hydrogens (tertiary/aromatic N) is 3. The van der Waals surface area contributed by atoms with Crippen LogP contribution in [0.3, 0.4) is 0 Å². The van der Waals surface area contributed by atoms with Crippen molar-refractivity contribution >= 4 is 41.3 Å². The smallest absolute Gasteiger partial charge is 0.191 e. The molecule has 2 rings (SSSR count). The monoisotopic (exact) mass is 493 g/mol. The number of thiazole rings is 1. The summed E-state index contributed by atoms with van der Waals surface area (Å²) in [6.45, 7) is 8.76. The number of nitrogens with one attached hydrogen (secondary N) is 2. The highest BCUT2D eigenvalue weighted by Gasteiger charge is 2.25. The van der Waals surface area contributed by atoms with Crippen molar-refractivity contribution in [2.24, 2.45) is 10.9 Å². The summed E-state index contributed by atoms with van der Waals surface area (Å²) in [6, 6.07) is 0.566. The molecule has 7 heteroatoms. The van der Waals surface area contributed by atoms with Crippen LogP contribution in [0.4, 0.5) is 0 Å². The third kappa shape index (κ3) is 7.31. The Labute approximate surface area is 180 Å². The van der Waals surface area contributed by atoms with Gasteiger partial charge in [-0.15, -0.1) is 35.3 Å². The maximum Gasteiger partial charge on any atom is 0.191 e. The predicted octanol–water partition coefficient (Wildman–Crippen LogP) is 3.94. The summed E-state index contributed by atoms with van der Waals surface area (Å²) >= 11 is 1.74. The van der Waals surface area contributed by atoms with E-state index < -0.39 is 0 Å². The third-order valence-electron chi connectivity index (χ3n) is 5.06. The quantitative estimate of drug-likeness (QED) is 0.343. The van der Waals surface area contributed by atoms with Crippen LogP contribution in [0.5, 0.6) is 0 Å². The van der Waals surface area contributed by atoms with Crippen LogP contribution in [-0.2, 0) is 6.54 Å². The topological polar surface area (TPSA) is 52.6 Å². The average molecular weight is 494 g/mol. The molecule has 1 aromatic heterocycles. The minimum absolute atomic E-state index is 0. The highest BCUT2D eigenvalue weighted by atomic mass is 127. The van der Waals surface area contributed by atoms with Gasteiger partial charge in [-0.25, -0.2) is 9.98 Å². The van der Waals surface area contributed by atoms with Gasteiger partial charge in [-0.1, -0.05) is 19.3 Å². The number of halogens is 1. The molecule has 0 bridgehead atoms. The molecule has 0 amide bonds. The zero-order valence-electron chi connectivity index (χ0n) is 17.0. The fraction of sp³-hybridized carbons (Fsp3) is 0.789. The number of hydrogen-bond donors (Lipinski definition) is 2. The number of guanidine groups is 1. The number of rotatable bonds is 7. The van der Waals surface area contributed by atoms with Crippen molar-refractivity contribution < 1.29 is 0 Å². The van der Waals surface area contributed by atoms with E-state index in [0.717, 1.165) is 35.7 Å². The highest BCUT2D eigenvalue weighted by molar-refractivity contribution is 14.0.